The Morgan fingerprint density at radius 3 is 3.09 bits per heavy atom. The largest absolute Gasteiger partial charge is 0.333 e. The van der Waals surface area contributed by atoms with Crippen LogP contribution >= 0.6 is 7.52 Å². The second kappa shape index (κ2) is 8.55. The van der Waals surface area contributed by atoms with E-state index in [0.717, 1.165) is 18.4 Å². The van der Waals surface area contributed by atoms with Crippen LogP contribution < -0.4 is 5.09 Å². The summed E-state index contributed by atoms with van der Waals surface area (Å²) in [4.78, 5) is 32.1. The number of hydroxylamine groups is 2. The zero-order chi connectivity index (χ0) is 16.7. The highest BCUT2D eigenvalue weighted by Gasteiger charge is 2.42. The van der Waals surface area contributed by atoms with Crippen LogP contribution in [0.5, 0.6) is 0 Å². The Balaban J connectivity index is 1.94. The summed E-state index contributed by atoms with van der Waals surface area (Å²) in [5.74, 6) is -0.406. The lowest BCUT2D eigenvalue weighted by Gasteiger charge is -2.33. The summed E-state index contributed by atoms with van der Waals surface area (Å²) in [6.07, 6.45) is 6.12. The molecule has 1 aromatic heterocycles. The van der Waals surface area contributed by atoms with Gasteiger partial charge in [-0.15, -0.1) is 0 Å². The lowest BCUT2D eigenvalue weighted by Crippen LogP contribution is -2.45. The van der Waals surface area contributed by atoms with Crippen LogP contribution in [0.1, 0.15) is 38.2 Å². The van der Waals surface area contributed by atoms with Crippen LogP contribution in [-0.2, 0) is 20.7 Å². The van der Waals surface area contributed by atoms with E-state index in [4.69, 9.17) is 4.84 Å². The van der Waals surface area contributed by atoms with Crippen LogP contribution in [0.2, 0.25) is 0 Å². The third kappa shape index (κ3) is 5.11. The highest BCUT2D eigenvalue weighted by molar-refractivity contribution is 7.57. The van der Waals surface area contributed by atoms with Gasteiger partial charge in [-0.3, -0.25) is 19.2 Å². The Morgan fingerprint density at radius 2 is 2.39 bits per heavy atom. The van der Waals surface area contributed by atoms with Crippen LogP contribution in [0, 0.1) is 0 Å². The van der Waals surface area contributed by atoms with Crippen molar-refractivity contribution in [3.05, 3.63) is 30.1 Å². The van der Waals surface area contributed by atoms with Crippen molar-refractivity contribution >= 4 is 13.4 Å². The number of aromatic nitrogens is 1. The number of carbonyl (C=O) groups excluding carboxylic acids is 1. The summed E-state index contributed by atoms with van der Waals surface area (Å²) >= 11 is 0. The quantitative estimate of drug-likeness (QED) is 0.556. The number of hydrogen-bond acceptors (Lipinski definition) is 4. The van der Waals surface area contributed by atoms with Gasteiger partial charge in [-0.1, -0.05) is 19.4 Å². The molecule has 2 atom stereocenters. The molecule has 0 saturated carbocycles. The molecule has 2 unspecified atom stereocenters. The highest BCUT2D eigenvalue weighted by Crippen LogP contribution is 2.46. The number of hydrogen-bond donors (Lipinski definition) is 2. The number of carbonyl (C=O) groups is 1. The average molecular weight is 341 g/mol. The molecule has 1 aromatic rings. The number of amides is 1. The first-order chi connectivity index (χ1) is 11.0. The second-order valence-corrected chi connectivity index (χ2v) is 7.79. The molecule has 1 saturated heterocycles. The first-order valence-corrected chi connectivity index (χ1v) is 9.68. The van der Waals surface area contributed by atoms with E-state index >= 15 is 0 Å². The van der Waals surface area contributed by atoms with Gasteiger partial charge in [-0.2, -0.15) is 0 Å². The molecule has 0 aliphatic carbocycles. The van der Waals surface area contributed by atoms with E-state index in [2.05, 4.69) is 10.1 Å². The van der Waals surface area contributed by atoms with Crippen molar-refractivity contribution in [1.29, 1.82) is 0 Å². The lowest BCUT2D eigenvalue weighted by atomic mass is 10.1. The maximum Gasteiger partial charge on any atom is 0.279 e. The van der Waals surface area contributed by atoms with Gasteiger partial charge in [0.15, 0.2) is 0 Å². The van der Waals surface area contributed by atoms with Crippen LogP contribution in [0.4, 0.5) is 0 Å². The van der Waals surface area contributed by atoms with Crippen molar-refractivity contribution in [3.8, 4) is 0 Å². The molecule has 2 rings (SSSR count). The predicted molar refractivity (Wildman–Crippen MR) is 86.5 cm³/mol. The minimum absolute atomic E-state index is 0.197. The van der Waals surface area contributed by atoms with Gasteiger partial charge < -0.3 is 4.89 Å². The van der Waals surface area contributed by atoms with E-state index in [1.165, 1.54) is 5.06 Å². The molecular weight excluding hydrogens is 317 g/mol. The molecule has 1 fully saturated rings. The number of rotatable bonds is 8. The molecule has 0 radical (unpaired) electrons. The van der Waals surface area contributed by atoms with Crippen molar-refractivity contribution in [1.82, 2.24) is 15.1 Å². The van der Waals surface area contributed by atoms with Gasteiger partial charge in [0.25, 0.3) is 13.4 Å². The smallest absolute Gasteiger partial charge is 0.279 e. The normalized spacial score (nSPS) is 21.2. The number of piperidine rings is 1. The fourth-order valence-electron chi connectivity index (χ4n) is 2.42. The Morgan fingerprint density at radius 1 is 1.57 bits per heavy atom. The number of nitrogens with one attached hydrogen (secondary N) is 1. The molecule has 1 aliphatic heterocycles. The van der Waals surface area contributed by atoms with Gasteiger partial charge >= 0.3 is 0 Å². The third-order valence-corrected chi connectivity index (χ3v) is 5.70. The third-order valence-electron chi connectivity index (χ3n) is 3.77. The summed E-state index contributed by atoms with van der Waals surface area (Å²) in [5.41, 5.74) is -0.157. The zero-order valence-corrected chi connectivity index (χ0v) is 14.2. The summed E-state index contributed by atoms with van der Waals surface area (Å²) in [6.45, 7) is 3.16. The van der Waals surface area contributed by atoms with Crippen LogP contribution in [0.25, 0.3) is 0 Å². The minimum Gasteiger partial charge on any atom is -0.333 e. The van der Waals surface area contributed by atoms with Gasteiger partial charge in [0, 0.05) is 25.5 Å². The van der Waals surface area contributed by atoms with Crippen molar-refractivity contribution < 1.29 is 19.1 Å². The summed E-state index contributed by atoms with van der Waals surface area (Å²) in [7, 11) is -3.81. The van der Waals surface area contributed by atoms with Crippen molar-refractivity contribution in [2.75, 3.05) is 13.2 Å². The van der Waals surface area contributed by atoms with E-state index in [9.17, 15) is 14.3 Å². The standard InChI is InChI=1S/C15H24N3O4P/c1-2-3-10-22-18-9-5-7-14(15(18)19)23(20,21)17-12-13-6-4-8-16-11-13/h4,6,8,11,14H,2-3,5,7,9-10,12H2,1H3,(H2,17,20,21). The molecule has 128 valence electrons. The minimum atomic E-state index is -3.81. The van der Waals surface area contributed by atoms with Gasteiger partial charge in [0.2, 0.25) is 0 Å². The Labute approximate surface area is 136 Å². The van der Waals surface area contributed by atoms with E-state index in [-0.39, 0.29) is 6.54 Å². The molecule has 23 heavy (non-hydrogen) atoms. The first-order valence-electron chi connectivity index (χ1n) is 7.95. The SMILES string of the molecule is CCCCON1CCCC(P(=O)(O)NCc2cccnc2)C1=O. The molecule has 7 nitrogen and oxygen atoms in total. The molecular formula is C15H24N3O4P. The van der Waals surface area contributed by atoms with Crippen molar-refractivity contribution in [3.63, 3.8) is 0 Å². The molecule has 0 spiro atoms. The van der Waals surface area contributed by atoms with E-state index in [0.29, 0.717) is 26.0 Å². The predicted octanol–water partition coefficient (Wildman–Crippen LogP) is 2.08. The fraction of sp³-hybridized carbons (Fsp3) is 0.600. The first kappa shape index (κ1) is 18.1. The van der Waals surface area contributed by atoms with Crippen LogP contribution in [0.3, 0.4) is 0 Å². The number of pyridine rings is 1. The number of nitrogens with zero attached hydrogens (tertiary/aromatic N) is 2. The lowest BCUT2D eigenvalue weighted by molar-refractivity contribution is -0.191. The van der Waals surface area contributed by atoms with Gasteiger partial charge in [-0.05, 0) is 30.9 Å². The van der Waals surface area contributed by atoms with Crippen molar-refractivity contribution in [2.45, 2.75) is 44.8 Å². The molecule has 2 heterocycles. The summed E-state index contributed by atoms with van der Waals surface area (Å²) < 4.78 is 12.5. The second-order valence-electron chi connectivity index (χ2n) is 5.60. The maximum absolute atomic E-state index is 12.5. The Bertz CT molecular complexity index is 555. The summed E-state index contributed by atoms with van der Waals surface area (Å²) in [6, 6.07) is 3.57. The Hall–Kier alpha value is -1.27. The topological polar surface area (TPSA) is 91.8 Å². The average Bonchev–Trinajstić information content (AvgIpc) is 2.56. The molecule has 1 amide bonds. The molecule has 8 heteroatoms. The molecule has 2 N–H and O–H groups in total. The van der Waals surface area contributed by atoms with E-state index in [1.807, 2.05) is 13.0 Å². The zero-order valence-electron chi connectivity index (χ0n) is 13.4. The Kier molecular flexibility index (Phi) is 6.72. The van der Waals surface area contributed by atoms with E-state index in [1.54, 1.807) is 18.5 Å². The maximum atomic E-state index is 12.5. The highest BCUT2D eigenvalue weighted by atomic mass is 31.2. The van der Waals surface area contributed by atoms with Crippen LogP contribution in [0.15, 0.2) is 24.5 Å². The molecule has 1 aliphatic rings. The fourth-order valence-corrected chi connectivity index (χ4v) is 4.01. The van der Waals surface area contributed by atoms with Crippen LogP contribution in [-0.4, -0.2) is 39.7 Å². The number of unbranched alkanes of at least 4 members (excludes halogenated alkanes) is 1. The summed E-state index contributed by atoms with van der Waals surface area (Å²) in [5, 5.41) is 3.88. The van der Waals surface area contributed by atoms with Crippen molar-refractivity contribution in [2.24, 2.45) is 0 Å². The monoisotopic (exact) mass is 341 g/mol. The van der Waals surface area contributed by atoms with Gasteiger partial charge in [-0.25, -0.2) is 10.2 Å². The van der Waals surface area contributed by atoms with E-state index < -0.39 is 19.1 Å². The van der Waals surface area contributed by atoms with Gasteiger partial charge in [0.1, 0.15) is 5.66 Å². The molecule has 0 bridgehead atoms. The van der Waals surface area contributed by atoms with Gasteiger partial charge in [0.05, 0.1) is 6.61 Å². The molecule has 0 aromatic carbocycles.